The minimum absolute atomic E-state index is 0. The van der Waals surface area contributed by atoms with Crippen molar-refractivity contribution in [3.05, 3.63) is 52.6 Å². The molecule has 8 nitrogen and oxygen atoms in total. The summed E-state index contributed by atoms with van der Waals surface area (Å²) in [6.45, 7) is 0.375. The Bertz CT molecular complexity index is 1040. The molecule has 0 saturated carbocycles. The Morgan fingerprint density at radius 2 is 2.23 bits per heavy atom. The topological polar surface area (TPSA) is 108 Å². The van der Waals surface area contributed by atoms with Crippen molar-refractivity contribution in [3.63, 3.8) is 0 Å². The van der Waals surface area contributed by atoms with E-state index in [0.29, 0.717) is 25.2 Å². The van der Waals surface area contributed by atoms with Gasteiger partial charge in [-0.05, 0) is 18.6 Å². The summed E-state index contributed by atoms with van der Waals surface area (Å²) >= 11 is 0. The van der Waals surface area contributed by atoms with Gasteiger partial charge in [0.25, 0.3) is 5.56 Å². The highest BCUT2D eigenvalue weighted by Gasteiger charge is 2.30. The first-order chi connectivity index (χ1) is 12.1. The second-order valence-electron chi connectivity index (χ2n) is 6.21. The van der Waals surface area contributed by atoms with Crippen LogP contribution in [-0.2, 0) is 24.8 Å². The molecule has 0 bridgehead atoms. The summed E-state index contributed by atoms with van der Waals surface area (Å²) < 4.78 is 3.43. The van der Waals surface area contributed by atoms with E-state index in [4.69, 9.17) is 5.73 Å². The molecule has 0 spiro atoms. The fourth-order valence-corrected chi connectivity index (χ4v) is 3.38. The number of carbonyl (C=O) groups excluding carboxylic acids is 1. The average Bonchev–Trinajstić information content (AvgIpc) is 3.19. The first-order valence-corrected chi connectivity index (χ1v) is 8.08. The van der Waals surface area contributed by atoms with Crippen molar-refractivity contribution in [2.75, 3.05) is 5.73 Å². The Balaban J connectivity index is 0.00000196. The summed E-state index contributed by atoms with van der Waals surface area (Å²) in [5.41, 5.74) is 7.38. The van der Waals surface area contributed by atoms with Crippen LogP contribution < -0.4 is 16.6 Å². The normalized spacial score (nSPS) is 15.5. The van der Waals surface area contributed by atoms with Crippen LogP contribution in [0.5, 0.6) is 0 Å². The molecule has 0 unspecified atom stereocenters. The molecular weight excluding hydrogens is 356 g/mol. The lowest BCUT2D eigenvalue weighted by Gasteiger charge is -2.15. The molecule has 1 aliphatic heterocycles. The number of pyridine rings is 1. The van der Waals surface area contributed by atoms with Crippen molar-refractivity contribution in [2.24, 2.45) is 7.05 Å². The van der Waals surface area contributed by atoms with Crippen LogP contribution in [0, 0.1) is 0 Å². The maximum Gasteiger partial charge on any atom is 0.277 e. The molecule has 1 amide bonds. The van der Waals surface area contributed by atoms with E-state index >= 15 is 0 Å². The van der Waals surface area contributed by atoms with E-state index < -0.39 is 6.04 Å². The standard InChI is InChI=1S/C17H18N6O2.ClH/c1-22-11(6-10-7-19-5-4-13(10)22)8-21-16(24)14-2-3-15-20-9-12(18)17(25)23(14)15;/h4-7,9,14H,2-3,8,18H2,1H3,(H,21,24);1H/t14-;/m0./s1. The molecule has 1 aliphatic rings. The number of fused-ring (bicyclic) bond motifs is 2. The van der Waals surface area contributed by atoms with Gasteiger partial charge in [-0.1, -0.05) is 0 Å². The molecule has 0 saturated heterocycles. The lowest BCUT2D eigenvalue weighted by Crippen LogP contribution is -2.36. The summed E-state index contributed by atoms with van der Waals surface area (Å²) in [6, 6.07) is 3.37. The summed E-state index contributed by atoms with van der Waals surface area (Å²) in [7, 11) is 1.95. The zero-order chi connectivity index (χ0) is 17.6. The summed E-state index contributed by atoms with van der Waals surface area (Å²) in [5, 5.41) is 3.94. The number of nitrogens with two attached hydrogens (primary N) is 1. The van der Waals surface area contributed by atoms with Crippen LogP contribution in [0.3, 0.4) is 0 Å². The van der Waals surface area contributed by atoms with E-state index in [1.54, 1.807) is 12.4 Å². The molecule has 0 aromatic carbocycles. The Hall–Kier alpha value is -2.87. The number of hydrogen-bond acceptors (Lipinski definition) is 5. The maximum absolute atomic E-state index is 12.6. The lowest BCUT2D eigenvalue weighted by molar-refractivity contribution is -0.124. The second kappa shape index (κ2) is 6.80. The van der Waals surface area contributed by atoms with Crippen molar-refractivity contribution < 1.29 is 4.79 Å². The quantitative estimate of drug-likeness (QED) is 0.709. The average molecular weight is 375 g/mol. The Labute approximate surface area is 155 Å². The fourth-order valence-electron chi connectivity index (χ4n) is 3.38. The third-order valence-corrected chi connectivity index (χ3v) is 4.74. The summed E-state index contributed by atoms with van der Waals surface area (Å²) in [4.78, 5) is 33.1. The fraction of sp³-hybridized carbons (Fsp3) is 0.294. The van der Waals surface area contributed by atoms with Crippen LogP contribution in [0.4, 0.5) is 5.69 Å². The van der Waals surface area contributed by atoms with Gasteiger partial charge in [-0.15, -0.1) is 12.4 Å². The predicted octanol–water partition coefficient (Wildman–Crippen LogP) is 0.938. The number of amides is 1. The van der Waals surface area contributed by atoms with Crippen molar-refractivity contribution in [1.82, 2.24) is 24.4 Å². The first-order valence-electron chi connectivity index (χ1n) is 8.08. The highest BCUT2D eigenvalue weighted by atomic mass is 35.5. The summed E-state index contributed by atoms with van der Waals surface area (Å²) in [5.74, 6) is 0.409. The summed E-state index contributed by atoms with van der Waals surface area (Å²) in [6.07, 6.45) is 6.04. The molecule has 1 atom stereocenters. The van der Waals surface area contributed by atoms with Gasteiger partial charge in [0.05, 0.1) is 18.3 Å². The predicted molar refractivity (Wildman–Crippen MR) is 100 cm³/mol. The Morgan fingerprint density at radius 1 is 1.42 bits per heavy atom. The molecule has 3 N–H and O–H groups in total. The van der Waals surface area contributed by atoms with E-state index in [-0.39, 0.29) is 29.6 Å². The number of nitrogens with zero attached hydrogens (tertiary/aromatic N) is 4. The van der Waals surface area contributed by atoms with Crippen LogP contribution in [0.1, 0.15) is 24.0 Å². The highest BCUT2D eigenvalue weighted by molar-refractivity contribution is 5.85. The molecule has 3 aromatic heterocycles. The monoisotopic (exact) mass is 374 g/mol. The molecule has 0 aliphatic carbocycles. The van der Waals surface area contributed by atoms with Crippen molar-refractivity contribution >= 4 is 34.9 Å². The molecule has 9 heteroatoms. The van der Waals surface area contributed by atoms with Gasteiger partial charge in [-0.3, -0.25) is 19.1 Å². The van der Waals surface area contributed by atoms with Crippen molar-refractivity contribution in [1.29, 1.82) is 0 Å². The smallest absolute Gasteiger partial charge is 0.277 e. The van der Waals surface area contributed by atoms with E-state index in [1.807, 2.05) is 23.7 Å². The van der Waals surface area contributed by atoms with Crippen LogP contribution in [0.2, 0.25) is 0 Å². The van der Waals surface area contributed by atoms with Crippen LogP contribution in [0.25, 0.3) is 10.9 Å². The highest BCUT2D eigenvalue weighted by Crippen LogP contribution is 2.23. The van der Waals surface area contributed by atoms with Gasteiger partial charge in [0.15, 0.2) is 0 Å². The SMILES string of the molecule is Cl.Cn1c(CNC(=O)[C@@H]2CCc3ncc(N)c(=O)n32)cc2cnccc21. The molecule has 0 fully saturated rings. The Morgan fingerprint density at radius 3 is 3.00 bits per heavy atom. The Kier molecular flexibility index (Phi) is 4.69. The second-order valence-corrected chi connectivity index (χ2v) is 6.21. The van der Waals surface area contributed by atoms with Gasteiger partial charge in [0.1, 0.15) is 17.6 Å². The molecule has 136 valence electrons. The number of anilines is 1. The first kappa shape index (κ1) is 17.9. The lowest BCUT2D eigenvalue weighted by atomic mass is 10.2. The van der Waals surface area contributed by atoms with Crippen LogP contribution in [-0.4, -0.2) is 25.0 Å². The van der Waals surface area contributed by atoms with Gasteiger partial charge in [0, 0.05) is 36.9 Å². The van der Waals surface area contributed by atoms with E-state index in [0.717, 1.165) is 16.6 Å². The molecule has 26 heavy (non-hydrogen) atoms. The number of halogens is 1. The third-order valence-electron chi connectivity index (χ3n) is 4.74. The van der Waals surface area contributed by atoms with Gasteiger partial charge in [0.2, 0.25) is 5.91 Å². The van der Waals surface area contributed by atoms with Crippen molar-refractivity contribution in [2.45, 2.75) is 25.4 Å². The van der Waals surface area contributed by atoms with Crippen molar-refractivity contribution in [3.8, 4) is 0 Å². The number of aromatic nitrogens is 4. The number of aryl methyl sites for hydroxylation is 2. The van der Waals surface area contributed by atoms with Gasteiger partial charge >= 0.3 is 0 Å². The van der Waals surface area contributed by atoms with Gasteiger partial charge in [-0.2, -0.15) is 0 Å². The minimum Gasteiger partial charge on any atom is -0.393 e. The number of rotatable bonds is 3. The number of nitrogens with one attached hydrogen (secondary N) is 1. The number of hydrogen-bond donors (Lipinski definition) is 2. The number of carbonyl (C=O) groups is 1. The van der Waals surface area contributed by atoms with E-state index in [2.05, 4.69) is 15.3 Å². The molecule has 4 heterocycles. The van der Waals surface area contributed by atoms with Gasteiger partial charge < -0.3 is 15.6 Å². The van der Waals surface area contributed by atoms with E-state index in [9.17, 15) is 9.59 Å². The largest absolute Gasteiger partial charge is 0.393 e. The van der Waals surface area contributed by atoms with Crippen LogP contribution >= 0.6 is 12.4 Å². The number of nitrogen functional groups attached to an aromatic ring is 1. The third kappa shape index (κ3) is 2.82. The maximum atomic E-state index is 12.6. The van der Waals surface area contributed by atoms with Crippen LogP contribution in [0.15, 0.2) is 35.5 Å². The molecule has 0 radical (unpaired) electrons. The minimum atomic E-state index is -0.560. The zero-order valence-electron chi connectivity index (χ0n) is 14.2. The van der Waals surface area contributed by atoms with E-state index in [1.165, 1.54) is 10.8 Å². The molecule has 3 aromatic rings. The van der Waals surface area contributed by atoms with Gasteiger partial charge in [-0.25, -0.2) is 4.98 Å². The molecular formula is C17H19ClN6O2. The zero-order valence-corrected chi connectivity index (χ0v) is 15.0. The molecule has 4 rings (SSSR count).